The molecule has 0 radical (unpaired) electrons. The lowest BCUT2D eigenvalue weighted by Gasteiger charge is -2.43. The van der Waals surface area contributed by atoms with Crippen LogP contribution in [0, 0.1) is 3.57 Å². The second kappa shape index (κ2) is 6.22. The van der Waals surface area contributed by atoms with Crippen molar-refractivity contribution in [2.45, 2.75) is 37.4 Å². The number of thioether (sulfide) groups is 1. The summed E-state index contributed by atoms with van der Waals surface area (Å²) in [6.45, 7) is 0.847. The maximum atomic E-state index is 6.15. The Labute approximate surface area is 132 Å². The Bertz CT molecular complexity index is 409. The predicted octanol–water partition coefficient (Wildman–Crippen LogP) is 4.11. The Morgan fingerprint density at radius 3 is 2.68 bits per heavy atom. The summed E-state index contributed by atoms with van der Waals surface area (Å²) in [6.07, 6.45) is 4.76. The van der Waals surface area contributed by atoms with Crippen LogP contribution in [0.1, 0.15) is 25.7 Å². The minimum absolute atomic E-state index is 0.109. The first-order valence-electron chi connectivity index (χ1n) is 6.90. The van der Waals surface area contributed by atoms with Crippen LogP contribution >= 0.6 is 34.4 Å². The molecule has 0 saturated carbocycles. The van der Waals surface area contributed by atoms with Crippen molar-refractivity contribution >= 4 is 34.4 Å². The molecule has 2 aliphatic heterocycles. The smallest absolute Gasteiger partial charge is 0.119 e. The molecule has 3 rings (SSSR count). The first-order valence-corrected chi connectivity index (χ1v) is 9.13. The van der Waals surface area contributed by atoms with E-state index in [1.807, 2.05) is 11.8 Å². The van der Waals surface area contributed by atoms with Gasteiger partial charge in [0.2, 0.25) is 0 Å². The highest BCUT2D eigenvalue weighted by molar-refractivity contribution is 14.1. The Morgan fingerprint density at radius 2 is 1.95 bits per heavy atom. The average molecular weight is 390 g/mol. The maximum Gasteiger partial charge on any atom is 0.119 e. The van der Waals surface area contributed by atoms with E-state index in [2.05, 4.69) is 46.9 Å². The highest BCUT2D eigenvalue weighted by Crippen LogP contribution is 2.38. The van der Waals surface area contributed by atoms with Crippen molar-refractivity contribution in [1.29, 1.82) is 0 Å². The summed E-state index contributed by atoms with van der Waals surface area (Å²) in [6, 6.07) is 8.34. The van der Waals surface area contributed by atoms with Crippen LogP contribution in [-0.4, -0.2) is 29.8 Å². The van der Waals surface area contributed by atoms with Gasteiger partial charge in [-0.25, -0.2) is 0 Å². The van der Waals surface area contributed by atoms with Crippen LogP contribution in [0.2, 0.25) is 0 Å². The van der Waals surface area contributed by atoms with Crippen molar-refractivity contribution in [3.63, 3.8) is 0 Å². The van der Waals surface area contributed by atoms with Gasteiger partial charge in [-0.3, -0.25) is 0 Å². The molecule has 2 heterocycles. The van der Waals surface area contributed by atoms with Crippen LogP contribution in [-0.2, 0) is 4.74 Å². The molecule has 2 aliphatic rings. The van der Waals surface area contributed by atoms with Crippen molar-refractivity contribution in [3.8, 4) is 5.75 Å². The standard InChI is InChI=1S/C15H19IO2S/c16-12-1-3-13(4-2-12)18-14-5-8-17-15(11-14)6-9-19-10-7-15/h1-4,14H,5-11H2. The average Bonchev–Trinajstić information content (AvgIpc) is 2.42. The van der Waals surface area contributed by atoms with Crippen LogP contribution in [0.3, 0.4) is 0 Å². The molecule has 1 spiro atoms. The Balaban J connectivity index is 1.63. The highest BCUT2D eigenvalue weighted by atomic mass is 127. The Morgan fingerprint density at radius 1 is 1.21 bits per heavy atom. The molecular formula is C15H19IO2S. The number of ether oxygens (including phenoxy) is 2. The molecule has 4 heteroatoms. The lowest BCUT2D eigenvalue weighted by atomic mass is 9.86. The van der Waals surface area contributed by atoms with Crippen LogP contribution in [0.15, 0.2) is 24.3 Å². The van der Waals surface area contributed by atoms with E-state index in [4.69, 9.17) is 9.47 Å². The van der Waals surface area contributed by atoms with E-state index in [1.54, 1.807) is 0 Å². The molecule has 1 aromatic carbocycles. The number of hydrogen-bond donors (Lipinski definition) is 0. The van der Waals surface area contributed by atoms with E-state index in [0.717, 1.165) is 25.2 Å². The van der Waals surface area contributed by atoms with Gasteiger partial charge in [0.25, 0.3) is 0 Å². The van der Waals surface area contributed by atoms with E-state index < -0.39 is 0 Å². The normalized spacial score (nSPS) is 26.3. The van der Waals surface area contributed by atoms with Crippen LogP contribution in [0.4, 0.5) is 0 Å². The third kappa shape index (κ3) is 3.58. The van der Waals surface area contributed by atoms with Crippen molar-refractivity contribution in [1.82, 2.24) is 0 Å². The molecule has 2 saturated heterocycles. The SMILES string of the molecule is Ic1ccc(OC2CCOC3(CCSCC3)C2)cc1. The molecule has 1 unspecified atom stereocenters. The van der Waals surface area contributed by atoms with Crippen molar-refractivity contribution in [2.75, 3.05) is 18.1 Å². The summed E-state index contributed by atoms with van der Waals surface area (Å²) >= 11 is 4.37. The third-order valence-electron chi connectivity index (χ3n) is 3.97. The van der Waals surface area contributed by atoms with Gasteiger partial charge in [0.05, 0.1) is 12.2 Å². The molecule has 0 aromatic heterocycles. The zero-order valence-electron chi connectivity index (χ0n) is 10.9. The molecule has 0 N–H and O–H groups in total. The number of hydrogen-bond acceptors (Lipinski definition) is 3. The first kappa shape index (κ1) is 14.0. The van der Waals surface area contributed by atoms with Crippen LogP contribution < -0.4 is 4.74 Å². The van der Waals surface area contributed by atoms with E-state index in [9.17, 15) is 0 Å². The summed E-state index contributed by atoms with van der Waals surface area (Å²) in [7, 11) is 0. The molecule has 19 heavy (non-hydrogen) atoms. The zero-order valence-corrected chi connectivity index (χ0v) is 13.9. The summed E-state index contributed by atoms with van der Waals surface area (Å²) < 4.78 is 13.5. The van der Waals surface area contributed by atoms with Crippen molar-refractivity contribution in [2.24, 2.45) is 0 Å². The van der Waals surface area contributed by atoms with Gasteiger partial charge in [-0.15, -0.1) is 0 Å². The van der Waals surface area contributed by atoms with E-state index in [-0.39, 0.29) is 5.60 Å². The molecule has 104 valence electrons. The molecule has 1 atom stereocenters. The van der Waals surface area contributed by atoms with E-state index in [1.165, 1.54) is 27.9 Å². The minimum Gasteiger partial charge on any atom is -0.490 e. The highest BCUT2D eigenvalue weighted by Gasteiger charge is 2.39. The number of rotatable bonds is 2. The lowest BCUT2D eigenvalue weighted by molar-refractivity contribution is -0.116. The third-order valence-corrected chi connectivity index (χ3v) is 5.67. The number of benzene rings is 1. The summed E-state index contributed by atoms with van der Waals surface area (Å²) in [5.41, 5.74) is 0.109. The minimum atomic E-state index is 0.109. The molecular weight excluding hydrogens is 371 g/mol. The fourth-order valence-electron chi connectivity index (χ4n) is 2.88. The van der Waals surface area contributed by atoms with Gasteiger partial charge in [-0.2, -0.15) is 11.8 Å². The lowest BCUT2D eigenvalue weighted by Crippen LogP contribution is -2.46. The van der Waals surface area contributed by atoms with Crippen LogP contribution in [0.5, 0.6) is 5.75 Å². The first-order chi connectivity index (χ1) is 9.26. The van der Waals surface area contributed by atoms with Crippen LogP contribution in [0.25, 0.3) is 0 Å². The molecule has 0 amide bonds. The van der Waals surface area contributed by atoms with Gasteiger partial charge in [0.1, 0.15) is 11.9 Å². The number of halogens is 1. The fraction of sp³-hybridized carbons (Fsp3) is 0.600. The van der Waals surface area contributed by atoms with Gasteiger partial charge in [-0.1, -0.05) is 0 Å². The molecule has 2 fully saturated rings. The summed E-state index contributed by atoms with van der Waals surface area (Å²) in [4.78, 5) is 0. The fourth-order valence-corrected chi connectivity index (χ4v) is 4.48. The van der Waals surface area contributed by atoms with Crippen molar-refractivity contribution < 1.29 is 9.47 Å². The molecule has 2 nitrogen and oxygen atoms in total. The largest absolute Gasteiger partial charge is 0.490 e. The Hall–Kier alpha value is 0.0600. The van der Waals surface area contributed by atoms with Gasteiger partial charge in [0, 0.05) is 16.4 Å². The molecule has 0 aliphatic carbocycles. The maximum absolute atomic E-state index is 6.15. The van der Waals surface area contributed by atoms with E-state index in [0.29, 0.717) is 6.10 Å². The quantitative estimate of drug-likeness (QED) is 0.708. The van der Waals surface area contributed by atoms with Gasteiger partial charge in [0.15, 0.2) is 0 Å². The van der Waals surface area contributed by atoms with Gasteiger partial charge < -0.3 is 9.47 Å². The summed E-state index contributed by atoms with van der Waals surface area (Å²) in [5.74, 6) is 3.46. The topological polar surface area (TPSA) is 18.5 Å². The van der Waals surface area contributed by atoms with Gasteiger partial charge >= 0.3 is 0 Å². The molecule has 0 bridgehead atoms. The molecule has 1 aromatic rings. The predicted molar refractivity (Wildman–Crippen MR) is 88.1 cm³/mol. The van der Waals surface area contributed by atoms with E-state index >= 15 is 0 Å². The zero-order chi connectivity index (χ0) is 13.1. The monoisotopic (exact) mass is 390 g/mol. The Kier molecular flexibility index (Phi) is 4.59. The van der Waals surface area contributed by atoms with Gasteiger partial charge in [-0.05, 0) is 71.2 Å². The van der Waals surface area contributed by atoms with Crippen molar-refractivity contribution in [3.05, 3.63) is 27.8 Å². The summed E-state index contributed by atoms with van der Waals surface area (Å²) in [5, 5.41) is 0. The second-order valence-corrected chi connectivity index (χ2v) is 7.80. The second-order valence-electron chi connectivity index (χ2n) is 5.33.